The molecule has 1 saturated heterocycles. The van der Waals surface area contributed by atoms with Crippen molar-refractivity contribution in [1.82, 2.24) is 5.32 Å². The number of benzene rings is 2. The molecular weight excluding hydrogens is 440 g/mol. The Balaban J connectivity index is 2.01. The Morgan fingerprint density at radius 1 is 1.09 bits per heavy atom. The summed E-state index contributed by atoms with van der Waals surface area (Å²) in [5.41, 5.74) is 0.166. The lowest BCUT2D eigenvalue weighted by molar-refractivity contribution is -0.122. The smallest absolute Gasteiger partial charge is 0.335 e. The van der Waals surface area contributed by atoms with Crippen molar-refractivity contribution in [3.8, 4) is 11.5 Å². The Morgan fingerprint density at radius 2 is 1.75 bits per heavy atom. The van der Waals surface area contributed by atoms with Crippen molar-refractivity contribution in [3.05, 3.63) is 58.1 Å². The minimum atomic E-state index is -1.15. The number of carbonyl (C=O) groups excluding carboxylic acids is 3. The van der Waals surface area contributed by atoms with Crippen molar-refractivity contribution >= 4 is 47.2 Å². The molecule has 1 aliphatic heterocycles. The molecule has 2 aromatic carbocycles. The van der Waals surface area contributed by atoms with Gasteiger partial charge in [-0.25, -0.2) is 14.5 Å². The first-order valence-corrected chi connectivity index (χ1v) is 9.98. The average Bonchev–Trinajstić information content (AvgIpc) is 2.74. The fraction of sp³-hybridized carbons (Fsp3) is 0.182. The van der Waals surface area contributed by atoms with Crippen LogP contribution in [0.15, 0.2) is 42.0 Å². The number of nitrogens with one attached hydrogen (secondary N) is 1. The van der Waals surface area contributed by atoms with Crippen LogP contribution in [0.3, 0.4) is 0 Å². The predicted octanol–water partition coefficient (Wildman–Crippen LogP) is 3.50. The van der Waals surface area contributed by atoms with Crippen molar-refractivity contribution in [3.63, 3.8) is 0 Å². The molecule has 1 heterocycles. The Bertz CT molecular complexity index is 1130. The molecule has 0 aliphatic carbocycles. The van der Waals surface area contributed by atoms with Crippen LogP contribution in [-0.4, -0.2) is 42.1 Å². The second-order valence-electron chi connectivity index (χ2n) is 6.51. The van der Waals surface area contributed by atoms with E-state index in [1.54, 1.807) is 19.9 Å². The van der Waals surface area contributed by atoms with E-state index in [0.717, 1.165) is 4.90 Å². The summed E-state index contributed by atoms with van der Waals surface area (Å²) in [4.78, 5) is 49.5. The molecule has 0 unspecified atom stereocenters. The molecule has 0 aromatic heterocycles. The molecule has 0 spiro atoms. The number of carboxylic acids is 1. The van der Waals surface area contributed by atoms with Gasteiger partial charge in [0.15, 0.2) is 11.5 Å². The number of anilines is 1. The first kappa shape index (κ1) is 22.8. The van der Waals surface area contributed by atoms with Crippen molar-refractivity contribution in [2.45, 2.75) is 13.8 Å². The number of hydrogen-bond donors (Lipinski definition) is 2. The average molecular weight is 459 g/mol. The molecule has 2 aromatic rings. The van der Waals surface area contributed by atoms with Gasteiger partial charge >= 0.3 is 12.0 Å². The summed E-state index contributed by atoms with van der Waals surface area (Å²) in [6.07, 6.45) is 1.28. The Labute approximate surface area is 188 Å². The zero-order valence-corrected chi connectivity index (χ0v) is 17.9. The second-order valence-corrected chi connectivity index (χ2v) is 6.91. The van der Waals surface area contributed by atoms with Crippen LogP contribution in [0.25, 0.3) is 6.08 Å². The maximum atomic E-state index is 13.0. The highest BCUT2D eigenvalue weighted by atomic mass is 35.5. The van der Waals surface area contributed by atoms with Crippen LogP contribution in [-0.2, 0) is 9.59 Å². The molecule has 4 amide bonds. The molecule has 0 atom stereocenters. The molecule has 1 aliphatic rings. The number of amides is 4. The fourth-order valence-corrected chi connectivity index (χ4v) is 3.30. The van der Waals surface area contributed by atoms with E-state index in [1.165, 1.54) is 36.4 Å². The van der Waals surface area contributed by atoms with Gasteiger partial charge in [0.2, 0.25) is 0 Å². The zero-order valence-electron chi connectivity index (χ0n) is 17.2. The lowest BCUT2D eigenvalue weighted by atomic mass is 10.1. The summed E-state index contributed by atoms with van der Waals surface area (Å²) in [5.74, 6) is -2.21. The Hall–Kier alpha value is -3.85. The van der Waals surface area contributed by atoms with Gasteiger partial charge in [-0.1, -0.05) is 11.6 Å². The third kappa shape index (κ3) is 4.57. The molecule has 3 rings (SSSR count). The lowest BCUT2D eigenvalue weighted by Crippen LogP contribution is -2.54. The van der Waals surface area contributed by atoms with E-state index in [4.69, 9.17) is 26.2 Å². The van der Waals surface area contributed by atoms with E-state index in [-0.39, 0.29) is 21.8 Å². The van der Waals surface area contributed by atoms with Gasteiger partial charge in [-0.15, -0.1) is 0 Å². The standard InChI is InChI=1S/C22H19ClN2O7/c1-3-31-17-11-12(10-16(23)18(17)32-4-2)9-15-19(26)24-22(30)25(20(15)27)14-7-5-13(6-8-14)21(28)29/h5-11H,3-4H2,1-2H3,(H,28,29)(H,24,26,30)/b15-9+. The highest BCUT2D eigenvalue weighted by molar-refractivity contribution is 6.39. The molecule has 10 heteroatoms. The highest BCUT2D eigenvalue weighted by Gasteiger charge is 2.37. The van der Waals surface area contributed by atoms with Crippen LogP contribution >= 0.6 is 11.6 Å². The van der Waals surface area contributed by atoms with Gasteiger partial charge in [0.05, 0.1) is 29.5 Å². The number of urea groups is 1. The molecule has 9 nitrogen and oxygen atoms in total. The normalized spacial score (nSPS) is 15.0. The van der Waals surface area contributed by atoms with Crippen LogP contribution in [0.4, 0.5) is 10.5 Å². The predicted molar refractivity (Wildman–Crippen MR) is 116 cm³/mol. The molecule has 32 heavy (non-hydrogen) atoms. The van der Waals surface area contributed by atoms with E-state index in [1.807, 2.05) is 0 Å². The van der Waals surface area contributed by atoms with Gasteiger partial charge < -0.3 is 14.6 Å². The number of aromatic carboxylic acids is 1. The summed E-state index contributed by atoms with van der Waals surface area (Å²) in [6, 6.07) is 7.23. The number of imide groups is 2. The minimum Gasteiger partial charge on any atom is -0.490 e. The van der Waals surface area contributed by atoms with E-state index >= 15 is 0 Å². The number of carbonyl (C=O) groups is 4. The summed E-state index contributed by atoms with van der Waals surface area (Å²) in [6.45, 7) is 4.27. The third-order valence-electron chi connectivity index (χ3n) is 4.41. The van der Waals surface area contributed by atoms with E-state index < -0.39 is 23.8 Å². The first-order valence-electron chi connectivity index (χ1n) is 9.60. The maximum absolute atomic E-state index is 13.0. The quantitative estimate of drug-likeness (QED) is 0.481. The van der Waals surface area contributed by atoms with Crippen molar-refractivity contribution in [1.29, 1.82) is 0 Å². The Morgan fingerprint density at radius 3 is 2.34 bits per heavy atom. The van der Waals surface area contributed by atoms with Gasteiger partial charge in [0, 0.05) is 0 Å². The van der Waals surface area contributed by atoms with Crippen LogP contribution in [0, 0.1) is 0 Å². The molecular formula is C22H19ClN2O7. The van der Waals surface area contributed by atoms with Crippen LogP contribution in [0.5, 0.6) is 11.5 Å². The van der Waals surface area contributed by atoms with E-state index in [2.05, 4.69) is 5.32 Å². The molecule has 0 saturated carbocycles. The van der Waals surface area contributed by atoms with Crippen LogP contribution in [0.2, 0.25) is 5.02 Å². The summed E-state index contributed by atoms with van der Waals surface area (Å²) >= 11 is 6.30. The maximum Gasteiger partial charge on any atom is 0.335 e. The Kier molecular flexibility index (Phi) is 6.79. The van der Waals surface area contributed by atoms with E-state index in [9.17, 15) is 19.2 Å². The monoisotopic (exact) mass is 458 g/mol. The number of ether oxygens (including phenoxy) is 2. The lowest BCUT2D eigenvalue weighted by Gasteiger charge is -2.26. The van der Waals surface area contributed by atoms with Crippen molar-refractivity contribution in [2.24, 2.45) is 0 Å². The summed E-state index contributed by atoms with van der Waals surface area (Å²) < 4.78 is 11.1. The van der Waals surface area contributed by atoms with Crippen LogP contribution in [0.1, 0.15) is 29.8 Å². The highest BCUT2D eigenvalue weighted by Crippen LogP contribution is 2.37. The number of rotatable bonds is 7. The minimum absolute atomic E-state index is 0.0158. The number of nitrogens with zero attached hydrogens (tertiary/aromatic N) is 1. The SMILES string of the molecule is CCOc1cc(/C=C2\C(=O)NC(=O)N(c3ccc(C(=O)O)cc3)C2=O)cc(Cl)c1OCC. The molecule has 2 N–H and O–H groups in total. The fourth-order valence-electron chi connectivity index (χ4n) is 3.03. The largest absolute Gasteiger partial charge is 0.490 e. The van der Waals surface area contributed by atoms with Gasteiger partial charge in [-0.05, 0) is 61.9 Å². The van der Waals surface area contributed by atoms with Crippen molar-refractivity contribution in [2.75, 3.05) is 18.1 Å². The van der Waals surface area contributed by atoms with Gasteiger partial charge in [-0.2, -0.15) is 0 Å². The summed E-state index contributed by atoms with van der Waals surface area (Å²) in [5, 5.41) is 11.4. The first-order chi connectivity index (χ1) is 15.3. The van der Waals surface area contributed by atoms with Gasteiger partial charge in [0.1, 0.15) is 5.57 Å². The molecule has 0 radical (unpaired) electrons. The molecule has 1 fully saturated rings. The summed E-state index contributed by atoms with van der Waals surface area (Å²) in [7, 11) is 0. The number of barbiturate groups is 1. The van der Waals surface area contributed by atoms with Gasteiger partial charge in [0.25, 0.3) is 11.8 Å². The second kappa shape index (κ2) is 9.52. The van der Waals surface area contributed by atoms with Crippen LogP contribution < -0.4 is 19.7 Å². The number of halogens is 1. The third-order valence-corrected chi connectivity index (χ3v) is 4.69. The number of hydrogen-bond acceptors (Lipinski definition) is 6. The topological polar surface area (TPSA) is 122 Å². The zero-order chi connectivity index (χ0) is 23.4. The number of carboxylic acid groups (broad SMARTS) is 1. The molecule has 0 bridgehead atoms. The van der Waals surface area contributed by atoms with E-state index in [0.29, 0.717) is 30.3 Å². The van der Waals surface area contributed by atoms with Gasteiger partial charge in [-0.3, -0.25) is 14.9 Å². The molecule has 166 valence electrons. The van der Waals surface area contributed by atoms with Crippen molar-refractivity contribution < 1.29 is 33.8 Å².